The Morgan fingerprint density at radius 2 is 1.94 bits per heavy atom. The fourth-order valence-corrected chi connectivity index (χ4v) is 1.36. The van der Waals surface area contributed by atoms with E-state index in [1.165, 1.54) is 7.11 Å². The molecule has 0 radical (unpaired) electrons. The van der Waals surface area contributed by atoms with Crippen LogP contribution in [-0.4, -0.2) is 27.2 Å². The summed E-state index contributed by atoms with van der Waals surface area (Å²) in [4.78, 5) is 11.7. The minimum Gasteiger partial charge on any atom is -0.507 e. The van der Waals surface area contributed by atoms with Crippen molar-refractivity contribution >= 4 is 11.6 Å². The number of aromatic hydroxyl groups is 1. The molecular weight excluding hydrogens is 230 g/mol. The van der Waals surface area contributed by atoms with Gasteiger partial charge in [0, 0.05) is 0 Å². The molecule has 0 atom stereocenters. The molecule has 1 aromatic heterocycles. The molecule has 0 spiro atoms. The molecule has 1 N–H and O–H groups in total. The van der Waals surface area contributed by atoms with E-state index in [2.05, 4.69) is 15.0 Å². The van der Waals surface area contributed by atoms with Gasteiger partial charge < -0.3 is 9.84 Å². The van der Waals surface area contributed by atoms with Gasteiger partial charge >= 0.3 is 6.01 Å². The zero-order valence-electron chi connectivity index (χ0n) is 8.38. The molecule has 0 bridgehead atoms. The lowest BCUT2D eigenvalue weighted by atomic mass is 10.2. The Hall–Kier alpha value is -1.88. The smallest absolute Gasteiger partial charge is 0.321 e. The number of halogens is 1. The molecule has 5 nitrogen and oxygen atoms in total. The van der Waals surface area contributed by atoms with Crippen molar-refractivity contribution in [1.82, 2.24) is 15.0 Å². The van der Waals surface area contributed by atoms with Gasteiger partial charge in [-0.15, -0.1) is 0 Å². The first-order valence-corrected chi connectivity index (χ1v) is 4.82. The molecule has 0 aliphatic carbocycles. The summed E-state index contributed by atoms with van der Waals surface area (Å²) in [6.45, 7) is 0. The van der Waals surface area contributed by atoms with Crippen molar-refractivity contribution in [3.05, 3.63) is 29.5 Å². The van der Waals surface area contributed by atoms with Crippen molar-refractivity contribution in [2.24, 2.45) is 0 Å². The summed E-state index contributed by atoms with van der Waals surface area (Å²) in [5.41, 5.74) is 0.477. The highest BCUT2D eigenvalue weighted by atomic mass is 35.5. The maximum absolute atomic E-state index is 9.63. The number of phenolic OH excluding ortho intramolecular Hbond substituents is 1. The highest BCUT2D eigenvalue weighted by Crippen LogP contribution is 2.26. The quantitative estimate of drug-likeness (QED) is 0.864. The van der Waals surface area contributed by atoms with Gasteiger partial charge in [-0.3, -0.25) is 0 Å². The average molecular weight is 238 g/mol. The van der Waals surface area contributed by atoms with Crippen molar-refractivity contribution in [1.29, 1.82) is 0 Å². The van der Waals surface area contributed by atoms with E-state index in [1.807, 2.05) is 0 Å². The zero-order valence-corrected chi connectivity index (χ0v) is 9.14. The van der Waals surface area contributed by atoms with Gasteiger partial charge in [-0.05, 0) is 23.7 Å². The van der Waals surface area contributed by atoms with Crippen LogP contribution < -0.4 is 4.74 Å². The van der Waals surface area contributed by atoms with Crippen LogP contribution in [0.4, 0.5) is 0 Å². The van der Waals surface area contributed by atoms with Crippen molar-refractivity contribution in [3.8, 4) is 23.1 Å². The van der Waals surface area contributed by atoms with Crippen LogP contribution in [0.25, 0.3) is 11.4 Å². The largest absolute Gasteiger partial charge is 0.507 e. The molecule has 0 amide bonds. The summed E-state index contributed by atoms with van der Waals surface area (Å²) in [5.74, 6) is 0.349. The number of phenols is 1. The number of ether oxygens (including phenoxy) is 1. The lowest BCUT2D eigenvalue weighted by Gasteiger charge is -2.04. The molecular formula is C10H8ClN3O2. The number of methoxy groups -OCH3 is 1. The minimum atomic E-state index is 0.0186. The molecule has 1 aromatic carbocycles. The third-order valence-corrected chi connectivity index (χ3v) is 2.08. The van der Waals surface area contributed by atoms with Crippen molar-refractivity contribution in [2.75, 3.05) is 7.11 Å². The number of aromatic nitrogens is 3. The Kier molecular flexibility index (Phi) is 2.87. The molecule has 0 unspecified atom stereocenters. The van der Waals surface area contributed by atoms with E-state index < -0.39 is 0 Å². The molecule has 0 aliphatic rings. The predicted molar refractivity (Wildman–Crippen MR) is 58.5 cm³/mol. The summed E-state index contributed by atoms with van der Waals surface area (Å²) < 4.78 is 4.87. The van der Waals surface area contributed by atoms with Crippen LogP contribution in [0.3, 0.4) is 0 Å². The van der Waals surface area contributed by atoms with E-state index in [1.54, 1.807) is 24.3 Å². The van der Waals surface area contributed by atoms with Crippen LogP contribution in [-0.2, 0) is 0 Å². The van der Waals surface area contributed by atoms with Gasteiger partial charge in [0.05, 0.1) is 12.7 Å². The number of nitrogens with zero attached hydrogens (tertiary/aromatic N) is 3. The van der Waals surface area contributed by atoms with Crippen LogP contribution in [0.2, 0.25) is 5.28 Å². The number of hydrogen-bond acceptors (Lipinski definition) is 5. The average Bonchev–Trinajstić information content (AvgIpc) is 2.28. The summed E-state index contributed by atoms with van der Waals surface area (Å²) in [6, 6.07) is 6.80. The number of para-hydroxylation sites is 1. The molecule has 2 aromatic rings. The monoisotopic (exact) mass is 237 g/mol. The van der Waals surface area contributed by atoms with Gasteiger partial charge in [-0.2, -0.15) is 15.0 Å². The van der Waals surface area contributed by atoms with Crippen LogP contribution in [0, 0.1) is 0 Å². The Morgan fingerprint density at radius 1 is 1.19 bits per heavy atom. The van der Waals surface area contributed by atoms with Gasteiger partial charge in [-0.25, -0.2) is 0 Å². The van der Waals surface area contributed by atoms with Gasteiger partial charge in [0.15, 0.2) is 5.82 Å². The zero-order chi connectivity index (χ0) is 11.5. The van der Waals surface area contributed by atoms with Crippen molar-refractivity contribution in [2.45, 2.75) is 0 Å². The predicted octanol–water partition coefficient (Wildman–Crippen LogP) is 1.91. The Morgan fingerprint density at radius 3 is 2.62 bits per heavy atom. The first kappa shape index (κ1) is 10.6. The fourth-order valence-electron chi connectivity index (χ4n) is 1.21. The maximum atomic E-state index is 9.63. The van der Waals surface area contributed by atoms with E-state index in [9.17, 15) is 5.11 Å². The van der Waals surface area contributed by atoms with Gasteiger partial charge in [-0.1, -0.05) is 12.1 Å². The second kappa shape index (κ2) is 4.32. The van der Waals surface area contributed by atoms with E-state index in [0.717, 1.165) is 0 Å². The SMILES string of the molecule is COc1nc(Cl)nc(-c2ccccc2O)n1. The molecule has 6 heteroatoms. The highest BCUT2D eigenvalue weighted by molar-refractivity contribution is 6.28. The van der Waals surface area contributed by atoms with E-state index in [4.69, 9.17) is 16.3 Å². The third kappa shape index (κ3) is 2.04. The van der Waals surface area contributed by atoms with Crippen LogP contribution in [0.1, 0.15) is 0 Å². The molecule has 82 valence electrons. The van der Waals surface area contributed by atoms with Crippen LogP contribution >= 0.6 is 11.6 Å². The lowest BCUT2D eigenvalue weighted by molar-refractivity contribution is 0.378. The van der Waals surface area contributed by atoms with Crippen molar-refractivity contribution in [3.63, 3.8) is 0 Å². The number of benzene rings is 1. The first-order chi connectivity index (χ1) is 7.70. The van der Waals surface area contributed by atoms with E-state index in [-0.39, 0.29) is 22.9 Å². The third-order valence-electron chi connectivity index (χ3n) is 1.92. The van der Waals surface area contributed by atoms with Gasteiger partial charge in [0.1, 0.15) is 5.75 Å². The minimum absolute atomic E-state index is 0.0186. The normalized spacial score (nSPS) is 10.1. The van der Waals surface area contributed by atoms with Crippen LogP contribution in [0.15, 0.2) is 24.3 Å². The summed E-state index contributed by atoms with van der Waals surface area (Å²) in [7, 11) is 1.43. The summed E-state index contributed by atoms with van der Waals surface area (Å²) in [6.07, 6.45) is 0. The second-order valence-electron chi connectivity index (χ2n) is 2.93. The Labute approximate surface area is 96.7 Å². The maximum Gasteiger partial charge on any atom is 0.321 e. The second-order valence-corrected chi connectivity index (χ2v) is 3.27. The first-order valence-electron chi connectivity index (χ1n) is 4.44. The topological polar surface area (TPSA) is 68.1 Å². The van der Waals surface area contributed by atoms with E-state index in [0.29, 0.717) is 5.56 Å². The van der Waals surface area contributed by atoms with Crippen LogP contribution in [0.5, 0.6) is 11.8 Å². The fraction of sp³-hybridized carbons (Fsp3) is 0.100. The molecule has 1 heterocycles. The molecule has 16 heavy (non-hydrogen) atoms. The summed E-state index contributed by atoms with van der Waals surface area (Å²) in [5, 5.41) is 9.65. The standard InChI is InChI=1S/C10H8ClN3O2/c1-16-10-13-8(12-9(11)14-10)6-4-2-3-5-7(6)15/h2-5,15H,1H3. The van der Waals surface area contributed by atoms with Crippen molar-refractivity contribution < 1.29 is 9.84 Å². The molecule has 2 rings (SSSR count). The molecule has 0 saturated carbocycles. The number of rotatable bonds is 2. The number of hydrogen-bond donors (Lipinski definition) is 1. The lowest BCUT2D eigenvalue weighted by Crippen LogP contribution is -1.97. The molecule has 0 saturated heterocycles. The Bertz CT molecular complexity index is 519. The summed E-state index contributed by atoms with van der Waals surface area (Å²) >= 11 is 5.71. The Balaban J connectivity index is 2.56. The highest BCUT2D eigenvalue weighted by Gasteiger charge is 2.10. The van der Waals surface area contributed by atoms with Gasteiger partial charge in [0.25, 0.3) is 0 Å². The molecule has 0 aliphatic heterocycles. The van der Waals surface area contributed by atoms with Gasteiger partial charge in [0.2, 0.25) is 5.28 Å². The van der Waals surface area contributed by atoms with E-state index >= 15 is 0 Å². The molecule has 0 fully saturated rings.